The summed E-state index contributed by atoms with van der Waals surface area (Å²) in [6.07, 6.45) is 9.83. The number of nitrogens with one attached hydrogen (secondary N) is 1. The van der Waals surface area contributed by atoms with Gasteiger partial charge in [0.25, 0.3) is 0 Å². The third-order valence-corrected chi connectivity index (χ3v) is 4.33. The summed E-state index contributed by atoms with van der Waals surface area (Å²) in [6, 6.07) is 0. The number of Topliss-reactive ketones (excluding diaryl/α,β-unsaturated/α-hetero) is 1. The summed E-state index contributed by atoms with van der Waals surface area (Å²) < 4.78 is 0. The van der Waals surface area contributed by atoms with Crippen LogP contribution in [0.15, 0.2) is 12.4 Å². The van der Waals surface area contributed by atoms with E-state index in [0.717, 1.165) is 23.5 Å². The van der Waals surface area contributed by atoms with E-state index in [-0.39, 0.29) is 5.78 Å². The number of aromatic amines is 1. The number of nitrogens with zero attached hydrogens (tertiary/aromatic N) is 2. The minimum Gasteiger partial charge on any atom is -0.344 e. The maximum Gasteiger partial charge on any atom is 0.171 e. The van der Waals surface area contributed by atoms with Gasteiger partial charge in [-0.15, -0.1) is 0 Å². The van der Waals surface area contributed by atoms with Crippen LogP contribution in [0, 0.1) is 11.3 Å². The van der Waals surface area contributed by atoms with E-state index in [9.17, 15) is 4.79 Å². The first-order valence-corrected chi connectivity index (χ1v) is 7.83. The van der Waals surface area contributed by atoms with Gasteiger partial charge in [0, 0.05) is 11.6 Å². The van der Waals surface area contributed by atoms with Gasteiger partial charge in [-0.05, 0) is 12.3 Å². The first kappa shape index (κ1) is 14.2. The van der Waals surface area contributed by atoms with Crippen LogP contribution < -0.4 is 0 Å². The number of ketones is 1. The van der Waals surface area contributed by atoms with Crippen LogP contribution in [-0.4, -0.2) is 20.7 Å². The molecule has 0 atom stereocenters. The molecule has 0 unspecified atom stereocenters. The van der Waals surface area contributed by atoms with Crippen LogP contribution in [0.2, 0.25) is 0 Å². The number of hydrogen-bond donors (Lipinski definition) is 1. The lowest BCUT2D eigenvalue weighted by atomic mass is 9.87. The van der Waals surface area contributed by atoms with Crippen molar-refractivity contribution in [3.8, 4) is 0 Å². The highest BCUT2D eigenvalue weighted by molar-refractivity contribution is 6.08. The molecule has 1 N–H and O–H groups in total. The lowest BCUT2D eigenvalue weighted by Crippen LogP contribution is -2.20. The Labute approximate surface area is 125 Å². The summed E-state index contributed by atoms with van der Waals surface area (Å²) in [5.41, 5.74) is 2.71. The average Bonchev–Trinajstić information content (AvgIpc) is 3.05. The van der Waals surface area contributed by atoms with Crippen LogP contribution in [-0.2, 0) is 6.42 Å². The zero-order valence-electron chi connectivity index (χ0n) is 13.1. The molecular formula is C17H23N3O. The predicted molar refractivity (Wildman–Crippen MR) is 83.3 cm³/mol. The molecule has 0 bridgehead atoms. The summed E-state index contributed by atoms with van der Waals surface area (Å²) in [5.74, 6) is 0.846. The van der Waals surface area contributed by atoms with E-state index >= 15 is 0 Å². The fourth-order valence-corrected chi connectivity index (χ4v) is 3.11. The maximum atomic E-state index is 12.5. The smallest absolute Gasteiger partial charge is 0.171 e. The second kappa shape index (κ2) is 5.24. The topological polar surface area (TPSA) is 58.6 Å². The van der Waals surface area contributed by atoms with Gasteiger partial charge in [-0.25, -0.2) is 9.97 Å². The van der Waals surface area contributed by atoms with Crippen molar-refractivity contribution in [2.24, 2.45) is 11.3 Å². The molecule has 112 valence electrons. The molecule has 1 aliphatic carbocycles. The number of fused-ring (bicyclic) bond motifs is 1. The Balaban J connectivity index is 1.94. The van der Waals surface area contributed by atoms with Crippen molar-refractivity contribution < 1.29 is 4.79 Å². The van der Waals surface area contributed by atoms with Gasteiger partial charge in [0.1, 0.15) is 5.52 Å². The maximum absolute atomic E-state index is 12.5. The number of H-pyrrole nitrogens is 1. The lowest BCUT2D eigenvalue weighted by Gasteiger charge is -2.15. The minimum absolute atomic E-state index is 0.112. The number of aromatic nitrogens is 3. The third-order valence-electron chi connectivity index (χ3n) is 4.33. The number of carbonyl (C=O) groups is 1. The molecule has 21 heavy (non-hydrogen) atoms. The van der Waals surface area contributed by atoms with E-state index < -0.39 is 5.41 Å². The fraction of sp³-hybridized carbons (Fsp3) is 0.588. The highest BCUT2D eigenvalue weighted by Crippen LogP contribution is 2.29. The Hall–Kier alpha value is -1.71. The Morgan fingerprint density at radius 2 is 2.05 bits per heavy atom. The third kappa shape index (κ3) is 2.85. The molecule has 0 saturated heterocycles. The normalized spacial score (nSPS) is 16.7. The van der Waals surface area contributed by atoms with Gasteiger partial charge < -0.3 is 4.98 Å². The van der Waals surface area contributed by atoms with Crippen molar-refractivity contribution in [2.75, 3.05) is 0 Å². The Kier molecular flexibility index (Phi) is 3.56. The molecule has 1 fully saturated rings. The molecule has 4 heteroatoms. The molecule has 2 heterocycles. The second-order valence-electron chi connectivity index (χ2n) is 7.19. The fourth-order valence-electron chi connectivity index (χ4n) is 3.11. The van der Waals surface area contributed by atoms with E-state index in [2.05, 4.69) is 9.97 Å². The Morgan fingerprint density at radius 1 is 1.33 bits per heavy atom. The van der Waals surface area contributed by atoms with Gasteiger partial charge in [-0.1, -0.05) is 46.5 Å². The van der Waals surface area contributed by atoms with Crippen molar-refractivity contribution >= 4 is 16.9 Å². The van der Waals surface area contributed by atoms with Gasteiger partial charge in [-0.3, -0.25) is 4.79 Å². The standard InChI is InChI=1S/C17H23N3O/c1-17(2,3)15(21)13-10-19-16-14(13)20-12(9-18-16)8-11-6-4-5-7-11/h9-11H,4-8H2,1-3H3,(H,18,19). The van der Waals surface area contributed by atoms with E-state index in [1.165, 1.54) is 25.7 Å². The monoisotopic (exact) mass is 285 g/mol. The van der Waals surface area contributed by atoms with Crippen LogP contribution in [0.1, 0.15) is 62.5 Å². The van der Waals surface area contributed by atoms with Gasteiger partial charge in [0.15, 0.2) is 11.4 Å². The van der Waals surface area contributed by atoms with Gasteiger partial charge in [0.05, 0.1) is 17.5 Å². The van der Waals surface area contributed by atoms with E-state index in [0.29, 0.717) is 11.2 Å². The van der Waals surface area contributed by atoms with Crippen molar-refractivity contribution in [2.45, 2.75) is 52.9 Å². The van der Waals surface area contributed by atoms with E-state index in [1.807, 2.05) is 27.0 Å². The molecule has 1 aliphatic rings. The van der Waals surface area contributed by atoms with Crippen molar-refractivity contribution in [3.05, 3.63) is 23.7 Å². The summed E-state index contributed by atoms with van der Waals surface area (Å²) in [4.78, 5) is 24.7. The van der Waals surface area contributed by atoms with Gasteiger partial charge in [0.2, 0.25) is 0 Å². The van der Waals surface area contributed by atoms with Crippen molar-refractivity contribution in [1.82, 2.24) is 15.0 Å². The summed E-state index contributed by atoms with van der Waals surface area (Å²) in [6.45, 7) is 5.80. The molecule has 0 aromatic carbocycles. The molecule has 0 amide bonds. The molecule has 2 aromatic heterocycles. The minimum atomic E-state index is -0.405. The van der Waals surface area contributed by atoms with E-state index in [4.69, 9.17) is 4.98 Å². The molecule has 2 aromatic rings. The highest BCUT2D eigenvalue weighted by Gasteiger charge is 2.26. The SMILES string of the molecule is CC(C)(C)C(=O)c1c[nH]c2ncc(CC3CCCC3)nc12. The molecule has 0 aliphatic heterocycles. The summed E-state index contributed by atoms with van der Waals surface area (Å²) >= 11 is 0. The first-order valence-electron chi connectivity index (χ1n) is 7.83. The molecule has 3 rings (SSSR count). The summed E-state index contributed by atoms with van der Waals surface area (Å²) in [7, 11) is 0. The van der Waals surface area contributed by atoms with Crippen LogP contribution in [0.25, 0.3) is 11.2 Å². The van der Waals surface area contributed by atoms with E-state index in [1.54, 1.807) is 6.20 Å². The Morgan fingerprint density at radius 3 is 2.71 bits per heavy atom. The Bertz CT molecular complexity index is 660. The summed E-state index contributed by atoms with van der Waals surface area (Å²) in [5, 5.41) is 0. The van der Waals surface area contributed by atoms with Gasteiger partial charge in [-0.2, -0.15) is 0 Å². The van der Waals surface area contributed by atoms with Gasteiger partial charge >= 0.3 is 0 Å². The molecule has 0 spiro atoms. The first-order chi connectivity index (χ1) is 9.95. The average molecular weight is 285 g/mol. The zero-order valence-corrected chi connectivity index (χ0v) is 13.1. The molecule has 1 saturated carbocycles. The van der Waals surface area contributed by atoms with Crippen LogP contribution in [0.5, 0.6) is 0 Å². The van der Waals surface area contributed by atoms with Crippen LogP contribution >= 0.6 is 0 Å². The zero-order chi connectivity index (χ0) is 15.0. The van der Waals surface area contributed by atoms with Crippen LogP contribution in [0.3, 0.4) is 0 Å². The largest absolute Gasteiger partial charge is 0.344 e. The van der Waals surface area contributed by atoms with Crippen molar-refractivity contribution in [3.63, 3.8) is 0 Å². The number of rotatable bonds is 3. The lowest BCUT2D eigenvalue weighted by molar-refractivity contribution is 0.0860. The predicted octanol–water partition coefficient (Wildman–Crippen LogP) is 3.92. The number of hydrogen-bond acceptors (Lipinski definition) is 3. The van der Waals surface area contributed by atoms with Crippen molar-refractivity contribution in [1.29, 1.82) is 0 Å². The molecular weight excluding hydrogens is 262 g/mol. The molecule has 4 nitrogen and oxygen atoms in total. The molecule has 0 radical (unpaired) electrons. The number of carbonyl (C=O) groups excluding carboxylic acids is 1. The highest BCUT2D eigenvalue weighted by atomic mass is 16.1. The van der Waals surface area contributed by atoms with Crippen LogP contribution in [0.4, 0.5) is 0 Å². The quantitative estimate of drug-likeness (QED) is 0.869. The second-order valence-corrected chi connectivity index (χ2v) is 7.19.